The van der Waals surface area contributed by atoms with Crippen LogP contribution in [0.1, 0.15) is 23.2 Å². The van der Waals surface area contributed by atoms with Crippen LogP contribution in [0.2, 0.25) is 0 Å². The van der Waals surface area contributed by atoms with Crippen LogP contribution in [0.5, 0.6) is 0 Å². The van der Waals surface area contributed by atoms with Crippen molar-refractivity contribution >= 4 is 16.6 Å². The summed E-state index contributed by atoms with van der Waals surface area (Å²) in [6.07, 6.45) is 6.83. The van der Waals surface area contributed by atoms with Crippen molar-refractivity contribution in [2.24, 2.45) is 5.92 Å². The Morgan fingerprint density at radius 1 is 0.880 bits per heavy atom. The topological polar surface area (TPSA) is 25.2 Å². The van der Waals surface area contributed by atoms with Crippen LogP contribution in [0.15, 0.2) is 67.0 Å². The number of ketones is 1. The third-order valence-corrected chi connectivity index (χ3v) is 5.24. The quantitative estimate of drug-likeness (QED) is 0.653. The summed E-state index contributed by atoms with van der Waals surface area (Å²) in [5.41, 5.74) is 0.823. The number of hydrogen-bond donors (Lipinski definition) is 0. The predicted molar refractivity (Wildman–Crippen MR) is 102 cm³/mol. The molecule has 128 valence electrons. The maximum atomic E-state index is 12.3. The number of fused-ring (bicyclic) bond motifs is 1. The third-order valence-electron chi connectivity index (χ3n) is 5.24. The van der Waals surface area contributed by atoms with Gasteiger partial charge in [-0.15, -0.1) is 0 Å². The second-order valence-electron chi connectivity index (χ2n) is 7.09. The molecule has 3 heteroatoms. The number of carbonyl (C=O) groups excluding carboxylic acids is 1. The molecule has 4 rings (SSSR count). The summed E-state index contributed by atoms with van der Waals surface area (Å²) < 4.78 is 2.33. The van der Waals surface area contributed by atoms with Crippen LogP contribution in [-0.4, -0.2) is 34.9 Å². The van der Waals surface area contributed by atoms with Gasteiger partial charge in [0.15, 0.2) is 5.78 Å². The molecule has 0 unspecified atom stereocenters. The molecule has 0 amide bonds. The van der Waals surface area contributed by atoms with Crippen molar-refractivity contribution < 1.29 is 4.79 Å². The van der Waals surface area contributed by atoms with Gasteiger partial charge in [-0.3, -0.25) is 9.69 Å². The number of piperidine rings is 1. The first-order valence-corrected chi connectivity index (χ1v) is 9.13. The van der Waals surface area contributed by atoms with Gasteiger partial charge in [0, 0.05) is 24.5 Å². The average molecular weight is 332 g/mol. The van der Waals surface area contributed by atoms with E-state index in [4.69, 9.17) is 0 Å². The lowest BCUT2D eigenvalue weighted by atomic mass is 9.96. The molecular formula is C22H24N2O. The van der Waals surface area contributed by atoms with Crippen LogP contribution < -0.4 is 0 Å². The van der Waals surface area contributed by atoms with Crippen molar-refractivity contribution in [3.63, 3.8) is 0 Å². The van der Waals surface area contributed by atoms with E-state index in [9.17, 15) is 4.79 Å². The summed E-state index contributed by atoms with van der Waals surface area (Å²) >= 11 is 0. The van der Waals surface area contributed by atoms with Crippen LogP contribution >= 0.6 is 0 Å². The number of benzene rings is 2. The fraction of sp³-hybridized carbons (Fsp3) is 0.318. The highest BCUT2D eigenvalue weighted by Gasteiger charge is 2.21. The van der Waals surface area contributed by atoms with E-state index < -0.39 is 0 Å². The van der Waals surface area contributed by atoms with Gasteiger partial charge in [0.1, 0.15) is 0 Å². The van der Waals surface area contributed by atoms with E-state index in [1.54, 1.807) is 0 Å². The van der Waals surface area contributed by atoms with Crippen molar-refractivity contribution in [3.8, 4) is 0 Å². The van der Waals surface area contributed by atoms with Gasteiger partial charge in [-0.05, 0) is 42.6 Å². The number of rotatable bonds is 5. The lowest BCUT2D eigenvalue weighted by Gasteiger charge is -2.31. The fourth-order valence-electron chi connectivity index (χ4n) is 3.79. The normalized spacial score (nSPS) is 16.3. The highest BCUT2D eigenvalue weighted by Crippen LogP contribution is 2.22. The molecule has 0 spiro atoms. The number of hydrogen-bond acceptors (Lipinski definition) is 2. The molecule has 3 nitrogen and oxygen atoms in total. The van der Waals surface area contributed by atoms with E-state index in [1.165, 1.54) is 10.8 Å². The van der Waals surface area contributed by atoms with Crippen LogP contribution in [0, 0.1) is 5.92 Å². The van der Waals surface area contributed by atoms with E-state index in [0.29, 0.717) is 12.5 Å². The van der Waals surface area contributed by atoms with Crippen molar-refractivity contribution in [2.75, 3.05) is 19.6 Å². The van der Waals surface area contributed by atoms with Crippen molar-refractivity contribution in [3.05, 3.63) is 72.6 Å². The minimum absolute atomic E-state index is 0.232. The lowest BCUT2D eigenvalue weighted by molar-refractivity contribution is 0.0890. The lowest BCUT2D eigenvalue weighted by Crippen LogP contribution is -2.38. The van der Waals surface area contributed by atoms with Crippen LogP contribution in [0.3, 0.4) is 0 Å². The average Bonchev–Trinajstić information content (AvgIpc) is 3.06. The Balaban J connectivity index is 1.30. The maximum absolute atomic E-state index is 12.3. The SMILES string of the molecule is O=C(CN1CCC(Cn2cc3ccccc3c2)CC1)c1ccccc1. The Hall–Kier alpha value is -2.39. The van der Waals surface area contributed by atoms with Crippen molar-refractivity contribution in [1.82, 2.24) is 9.47 Å². The van der Waals surface area contributed by atoms with Gasteiger partial charge in [0.2, 0.25) is 0 Å². The number of aromatic nitrogens is 1. The maximum Gasteiger partial charge on any atom is 0.176 e. The summed E-state index contributed by atoms with van der Waals surface area (Å²) in [5.74, 6) is 0.931. The number of Topliss-reactive ketones (excluding diaryl/α,β-unsaturated/α-hetero) is 1. The minimum atomic E-state index is 0.232. The number of nitrogens with zero attached hydrogens (tertiary/aromatic N) is 2. The highest BCUT2D eigenvalue weighted by molar-refractivity contribution is 5.97. The van der Waals surface area contributed by atoms with Crippen molar-refractivity contribution in [1.29, 1.82) is 0 Å². The molecule has 1 aromatic heterocycles. The first kappa shape index (κ1) is 16.1. The fourth-order valence-corrected chi connectivity index (χ4v) is 3.79. The molecule has 2 heterocycles. The van der Waals surface area contributed by atoms with Crippen LogP contribution in [0.25, 0.3) is 10.8 Å². The van der Waals surface area contributed by atoms with E-state index in [0.717, 1.165) is 38.0 Å². The summed E-state index contributed by atoms with van der Waals surface area (Å²) in [7, 11) is 0. The Labute approximate surface area is 148 Å². The summed E-state index contributed by atoms with van der Waals surface area (Å²) in [4.78, 5) is 14.6. The molecule has 1 aliphatic heterocycles. The summed E-state index contributed by atoms with van der Waals surface area (Å²) in [5, 5.41) is 2.63. The Bertz CT molecular complexity index is 812. The molecule has 0 radical (unpaired) electrons. The van der Waals surface area contributed by atoms with Gasteiger partial charge >= 0.3 is 0 Å². The first-order chi connectivity index (χ1) is 12.3. The summed E-state index contributed by atoms with van der Waals surface area (Å²) in [6.45, 7) is 3.66. The smallest absolute Gasteiger partial charge is 0.176 e. The Kier molecular flexibility index (Phi) is 4.66. The zero-order valence-electron chi connectivity index (χ0n) is 14.5. The molecule has 1 fully saturated rings. The second-order valence-corrected chi connectivity index (χ2v) is 7.09. The molecule has 1 aliphatic rings. The number of carbonyl (C=O) groups is 1. The van der Waals surface area contributed by atoms with Gasteiger partial charge < -0.3 is 4.57 Å². The molecule has 3 aromatic rings. The van der Waals surface area contributed by atoms with Crippen LogP contribution in [0.4, 0.5) is 0 Å². The monoisotopic (exact) mass is 332 g/mol. The van der Waals surface area contributed by atoms with E-state index in [2.05, 4.69) is 46.1 Å². The molecule has 0 N–H and O–H groups in total. The minimum Gasteiger partial charge on any atom is -0.353 e. The van der Waals surface area contributed by atoms with Gasteiger partial charge in [-0.1, -0.05) is 54.6 Å². The standard InChI is InChI=1S/C22H24N2O/c25-22(19-6-2-1-3-7-19)17-23-12-10-18(11-13-23)14-24-15-20-8-4-5-9-21(20)16-24/h1-9,15-16,18H,10-14,17H2. The van der Waals surface area contributed by atoms with Gasteiger partial charge in [0.05, 0.1) is 6.54 Å². The van der Waals surface area contributed by atoms with Crippen molar-refractivity contribution in [2.45, 2.75) is 19.4 Å². The van der Waals surface area contributed by atoms with Gasteiger partial charge in [-0.2, -0.15) is 0 Å². The first-order valence-electron chi connectivity index (χ1n) is 9.13. The highest BCUT2D eigenvalue weighted by atomic mass is 16.1. The molecule has 2 aromatic carbocycles. The zero-order chi connectivity index (χ0) is 17.1. The predicted octanol–water partition coefficient (Wildman–Crippen LogP) is 4.24. The zero-order valence-corrected chi connectivity index (χ0v) is 14.5. The number of likely N-dealkylation sites (tertiary alicyclic amines) is 1. The Morgan fingerprint density at radius 2 is 1.48 bits per heavy atom. The van der Waals surface area contributed by atoms with Crippen LogP contribution in [-0.2, 0) is 6.54 Å². The molecule has 1 saturated heterocycles. The Morgan fingerprint density at radius 3 is 2.12 bits per heavy atom. The second kappa shape index (κ2) is 7.24. The van der Waals surface area contributed by atoms with E-state index in [1.807, 2.05) is 30.3 Å². The van der Waals surface area contributed by atoms with Gasteiger partial charge in [-0.25, -0.2) is 0 Å². The third kappa shape index (κ3) is 3.83. The summed E-state index contributed by atoms with van der Waals surface area (Å²) in [6, 6.07) is 18.2. The molecular weight excluding hydrogens is 308 g/mol. The molecule has 0 bridgehead atoms. The molecule has 25 heavy (non-hydrogen) atoms. The molecule has 0 aliphatic carbocycles. The molecule has 0 saturated carbocycles. The van der Waals surface area contributed by atoms with Gasteiger partial charge in [0.25, 0.3) is 0 Å². The molecule has 0 atom stereocenters. The van der Waals surface area contributed by atoms with E-state index in [-0.39, 0.29) is 5.78 Å². The van der Waals surface area contributed by atoms with E-state index >= 15 is 0 Å². The largest absolute Gasteiger partial charge is 0.353 e.